The van der Waals surface area contributed by atoms with E-state index in [0.29, 0.717) is 12.2 Å². The molecular weight excluding hydrogens is 786 g/mol. The van der Waals surface area contributed by atoms with E-state index in [9.17, 15) is 9.90 Å². The van der Waals surface area contributed by atoms with Gasteiger partial charge in [0.25, 0.3) is 0 Å². The number of hydrogen-bond donors (Lipinski definition) is 2. The molecule has 0 aliphatic heterocycles. The topological polar surface area (TPSA) is 72.6 Å². The molecule has 0 unspecified atom stereocenters. The van der Waals surface area contributed by atoms with Crippen molar-refractivity contribution in [2.45, 2.75) is 26.3 Å². The van der Waals surface area contributed by atoms with Crippen LogP contribution in [0.25, 0.3) is 0 Å². The van der Waals surface area contributed by atoms with Crippen molar-refractivity contribution in [1.82, 2.24) is 0 Å². The van der Waals surface area contributed by atoms with Gasteiger partial charge in [-0.15, -0.1) is 0 Å². The van der Waals surface area contributed by atoms with Gasteiger partial charge in [0.1, 0.15) is 11.5 Å². The summed E-state index contributed by atoms with van der Waals surface area (Å²) in [5, 5.41) is 9.90. The summed E-state index contributed by atoms with van der Waals surface area (Å²) in [7, 11) is 0. The van der Waals surface area contributed by atoms with Crippen LogP contribution in [0.1, 0.15) is 19.4 Å². The van der Waals surface area contributed by atoms with Gasteiger partial charge in [0.15, 0.2) is 11.5 Å². The van der Waals surface area contributed by atoms with E-state index in [4.69, 9.17) is 10.5 Å². The van der Waals surface area contributed by atoms with Gasteiger partial charge in [0.05, 0.1) is 20.3 Å². The van der Waals surface area contributed by atoms with E-state index in [1.807, 2.05) is 26.0 Å². The molecule has 2 rings (SSSR count). The minimum absolute atomic E-state index is 0.0646. The van der Waals surface area contributed by atoms with Crippen molar-refractivity contribution in [2.24, 2.45) is 11.7 Å². The maximum atomic E-state index is 12.0. The van der Waals surface area contributed by atoms with Crippen LogP contribution in [0.4, 0.5) is 0 Å². The van der Waals surface area contributed by atoms with E-state index in [0.717, 1.165) is 25.6 Å². The predicted molar refractivity (Wildman–Crippen MR) is 137 cm³/mol. The quantitative estimate of drug-likeness (QED) is 0.369. The largest absolute Gasteiger partial charge is 0.506 e. The fourth-order valence-corrected chi connectivity index (χ4v) is 6.16. The van der Waals surface area contributed by atoms with Crippen molar-refractivity contribution < 1.29 is 14.6 Å². The third-order valence-electron chi connectivity index (χ3n) is 3.66. The van der Waals surface area contributed by atoms with Gasteiger partial charge in [-0.2, -0.15) is 0 Å². The first kappa shape index (κ1) is 22.9. The van der Waals surface area contributed by atoms with Gasteiger partial charge >= 0.3 is 0 Å². The lowest BCUT2D eigenvalue weighted by Crippen LogP contribution is -2.35. The zero-order valence-electron chi connectivity index (χ0n) is 14.0. The molecule has 0 heterocycles. The Kier molecular flexibility index (Phi) is 8.69. The normalized spacial score (nSPS) is 12.3. The second-order valence-electron chi connectivity index (χ2n) is 6.09. The van der Waals surface area contributed by atoms with E-state index in [2.05, 4.69) is 90.4 Å². The second kappa shape index (κ2) is 9.87. The number of ketones is 1. The van der Waals surface area contributed by atoms with Crippen molar-refractivity contribution >= 4 is 96.1 Å². The molecule has 8 heteroatoms. The highest BCUT2D eigenvalue weighted by molar-refractivity contribution is 14.1. The van der Waals surface area contributed by atoms with E-state index in [-0.39, 0.29) is 17.5 Å². The number of carbonyl (C=O) groups excluding carboxylic acids is 1. The third-order valence-corrected chi connectivity index (χ3v) is 6.91. The summed E-state index contributed by atoms with van der Waals surface area (Å²) in [4.78, 5) is 12.0. The van der Waals surface area contributed by atoms with Crippen LogP contribution in [0.3, 0.4) is 0 Å². The zero-order chi connectivity index (χ0) is 19.6. The number of carbonyl (C=O) groups is 1. The molecule has 0 aromatic heterocycles. The molecule has 0 aliphatic carbocycles. The summed E-state index contributed by atoms with van der Waals surface area (Å²) < 4.78 is 9.45. The van der Waals surface area contributed by atoms with Crippen LogP contribution in [0, 0.1) is 20.2 Å². The van der Waals surface area contributed by atoms with Crippen molar-refractivity contribution in [3.63, 3.8) is 0 Å². The molecule has 1 atom stereocenters. The molecule has 3 N–H and O–H groups in total. The van der Waals surface area contributed by atoms with Crippen molar-refractivity contribution in [1.29, 1.82) is 0 Å². The number of hydrogen-bond acceptors (Lipinski definition) is 4. The van der Waals surface area contributed by atoms with E-state index in [1.54, 1.807) is 12.1 Å². The molecule has 2 aromatic rings. The Morgan fingerprint density at radius 3 is 2.00 bits per heavy atom. The van der Waals surface area contributed by atoms with Crippen LogP contribution >= 0.6 is 90.4 Å². The van der Waals surface area contributed by atoms with Crippen molar-refractivity contribution in [3.8, 4) is 17.2 Å². The summed E-state index contributed by atoms with van der Waals surface area (Å²) in [6.45, 7) is 3.74. The van der Waals surface area contributed by atoms with Crippen LogP contribution in [-0.2, 0) is 11.2 Å². The third kappa shape index (κ3) is 5.80. The Morgan fingerprint density at radius 2 is 1.54 bits per heavy atom. The van der Waals surface area contributed by atoms with Crippen LogP contribution in [-0.4, -0.2) is 16.9 Å². The summed E-state index contributed by atoms with van der Waals surface area (Å²) in [6.07, 6.45) is 0.512. The van der Waals surface area contributed by atoms with Gasteiger partial charge in [-0.1, -0.05) is 13.8 Å². The number of rotatable bonds is 6. The Morgan fingerprint density at radius 1 is 1.04 bits per heavy atom. The second-order valence-corrected chi connectivity index (χ2v) is 10.7. The summed E-state index contributed by atoms with van der Waals surface area (Å²) in [6, 6.07) is 7.11. The maximum absolute atomic E-state index is 12.0. The van der Waals surface area contributed by atoms with Gasteiger partial charge in [-0.25, -0.2) is 0 Å². The molecule has 0 aliphatic rings. The Bertz CT molecular complexity index is 793. The smallest absolute Gasteiger partial charge is 0.154 e. The molecule has 0 radical (unpaired) electrons. The number of ether oxygens (including phenoxy) is 1. The lowest BCUT2D eigenvalue weighted by Gasteiger charge is -2.16. The molecule has 0 saturated carbocycles. The van der Waals surface area contributed by atoms with E-state index < -0.39 is 6.04 Å². The van der Waals surface area contributed by atoms with Crippen molar-refractivity contribution in [2.75, 3.05) is 0 Å². The van der Waals surface area contributed by atoms with Gasteiger partial charge < -0.3 is 15.6 Å². The van der Waals surface area contributed by atoms with Crippen LogP contribution in [0.15, 0.2) is 24.3 Å². The minimum atomic E-state index is -0.492. The standard InChI is InChI=1S/C18H17I4NO3/c1-8(2)16(24)15(23)5-9-3-13(21)18(14(22)4-9)26-10-6-11(19)17(25)12(20)7-10/h3-4,6-8,15,25H,5,23H2,1-2H3/t15-/m0/s1. The average molecular weight is 803 g/mol. The number of aromatic hydroxyl groups is 1. The van der Waals surface area contributed by atoms with Gasteiger partial charge in [0.2, 0.25) is 0 Å². The molecular formula is C18H17I4NO3. The van der Waals surface area contributed by atoms with Crippen LogP contribution in [0.2, 0.25) is 0 Å². The number of phenols is 1. The highest BCUT2D eigenvalue weighted by Crippen LogP contribution is 2.36. The van der Waals surface area contributed by atoms with Gasteiger partial charge in [-0.3, -0.25) is 4.79 Å². The molecule has 2 aromatic carbocycles. The molecule has 4 nitrogen and oxygen atoms in total. The molecule has 0 fully saturated rings. The van der Waals surface area contributed by atoms with Crippen LogP contribution in [0.5, 0.6) is 17.2 Å². The first-order chi connectivity index (χ1) is 12.1. The minimum Gasteiger partial charge on any atom is -0.506 e. The lowest BCUT2D eigenvalue weighted by molar-refractivity contribution is -0.123. The number of nitrogens with two attached hydrogens (primary N) is 1. The van der Waals surface area contributed by atoms with Crippen LogP contribution < -0.4 is 10.5 Å². The first-order valence-corrected chi connectivity index (χ1v) is 12.0. The van der Waals surface area contributed by atoms with Crippen molar-refractivity contribution in [3.05, 3.63) is 44.1 Å². The molecule has 26 heavy (non-hydrogen) atoms. The number of phenolic OH excluding ortho intramolecular Hbond substituents is 1. The fraction of sp³-hybridized carbons (Fsp3) is 0.278. The highest BCUT2D eigenvalue weighted by atomic mass is 127. The highest BCUT2D eigenvalue weighted by Gasteiger charge is 2.19. The molecule has 0 amide bonds. The van der Waals surface area contributed by atoms with Gasteiger partial charge in [0, 0.05) is 5.92 Å². The number of halogens is 4. The Hall–Kier alpha value is 0.590. The van der Waals surface area contributed by atoms with Gasteiger partial charge in [-0.05, 0) is 127 Å². The first-order valence-electron chi connectivity index (χ1n) is 7.73. The Balaban J connectivity index is 2.26. The molecule has 0 saturated heterocycles. The summed E-state index contributed by atoms with van der Waals surface area (Å²) in [5.74, 6) is 1.71. The number of benzene rings is 2. The molecule has 0 bridgehead atoms. The predicted octanol–water partition coefficient (Wildman–Crippen LogP) is 5.70. The monoisotopic (exact) mass is 803 g/mol. The lowest BCUT2D eigenvalue weighted by atomic mass is 9.96. The number of Topliss-reactive ketones (excluding diaryl/α,β-unsaturated/α-hetero) is 1. The zero-order valence-corrected chi connectivity index (χ0v) is 22.7. The SMILES string of the molecule is CC(C)C(=O)[C@@H](N)Cc1cc(I)c(Oc2cc(I)c(O)c(I)c2)c(I)c1. The molecule has 140 valence electrons. The fourth-order valence-electron chi connectivity index (χ4n) is 2.33. The van der Waals surface area contributed by atoms with E-state index >= 15 is 0 Å². The summed E-state index contributed by atoms with van der Waals surface area (Å²) in [5.41, 5.74) is 7.06. The molecule has 0 spiro atoms. The Labute approximate surface area is 207 Å². The van der Waals surface area contributed by atoms with E-state index in [1.165, 1.54) is 0 Å². The maximum Gasteiger partial charge on any atom is 0.154 e. The summed E-state index contributed by atoms with van der Waals surface area (Å²) >= 11 is 8.62. The average Bonchev–Trinajstić information content (AvgIpc) is 2.55.